The molecule has 0 bridgehead atoms. The van der Waals surface area contributed by atoms with Crippen molar-refractivity contribution < 1.29 is 15.3 Å². The maximum atomic E-state index is 10.8. The van der Waals surface area contributed by atoms with Crippen LogP contribution in [-0.4, -0.2) is 38.3 Å². The van der Waals surface area contributed by atoms with Crippen LogP contribution in [0.2, 0.25) is 0 Å². The van der Waals surface area contributed by atoms with Crippen LogP contribution in [0.3, 0.4) is 0 Å². The molecule has 0 fully saturated rings. The first-order valence-electron chi connectivity index (χ1n) is 13.0. The summed E-state index contributed by atoms with van der Waals surface area (Å²) in [5.74, 6) is 1.45. The summed E-state index contributed by atoms with van der Waals surface area (Å²) in [6.45, 7) is 12.8. The zero-order valence-electron chi connectivity index (χ0n) is 21.4. The number of aliphatic hydroxyl groups excluding tert-OH is 1. The molecule has 8 unspecified atom stereocenters. The molecule has 0 aliphatic heterocycles. The summed E-state index contributed by atoms with van der Waals surface area (Å²) < 4.78 is 0. The second kappa shape index (κ2) is 13.7. The highest BCUT2D eigenvalue weighted by Gasteiger charge is 2.31. The number of allylic oxidation sites excluding steroid dienone is 1. The van der Waals surface area contributed by atoms with Crippen LogP contribution in [0.4, 0.5) is 0 Å². The summed E-state index contributed by atoms with van der Waals surface area (Å²) >= 11 is 0. The van der Waals surface area contributed by atoms with Gasteiger partial charge in [-0.05, 0) is 82.2 Å². The van der Waals surface area contributed by atoms with E-state index in [1.54, 1.807) is 0 Å². The minimum atomic E-state index is -0.633. The molecule has 0 saturated heterocycles. The number of hydrogen-bond acceptors (Lipinski definition) is 3. The van der Waals surface area contributed by atoms with Crippen molar-refractivity contribution in [3.05, 3.63) is 11.6 Å². The van der Waals surface area contributed by atoms with Crippen molar-refractivity contribution >= 4 is 9.24 Å². The standard InChI is InChI=1S/C27H53O3P/c1-7-8-9-15-26(5,29)17-11-18-27(6,30)16-10-12-20(2)13-14-23-19-24(28)21(3)22(4)25(23)31/h19-22,24-25,28-30H,7-18,31H2,1-6H3. The first-order valence-corrected chi connectivity index (χ1v) is 13.6. The van der Waals surface area contributed by atoms with Gasteiger partial charge in [-0.25, -0.2) is 0 Å². The molecule has 8 atom stereocenters. The van der Waals surface area contributed by atoms with Gasteiger partial charge in [0, 0.05) is 0 Å². The highest BCUT2D eigenvalue weighted by molar-refractivity contribution is 7.18. The lowest BCUT2D eigenvalue weighted by Crippen LogP contribution is -2.34. The monoisotopic (exact) mass is 456 g/mol. The lowest BCUT2D eigenvalue weighted by Gasteiger charge is -2.36. The van der Waals surface area contributed by atoms with Gasteiger partial charge in [0.05, 0.1) is 17.3 Å². The Morgan fingerprint density at radius 3 is 2.03 bits per heavy atom. The Bertz CT molecular complexity index is 529. The van der Waals surface area contributed by atoms with Crippen LogP contribution in [0.15, 0.2) is 11.6 Å². The van der Waals surface area contributed by atoms with E-state index in [0.717, 1.165) is 64.2 Å². The normalized spacial score (nSPS) is 29.2. The maximum absolute atomic E-state index is 10.8. The van der Waals surface area contributed by atoms with E-state index in [9.17, 15) is 15.3 Å². The zero-order valence-corrected chi connectivity index (χ0v) is 22.5. The van der Waals surface area contributed by atoms with Crippen LogP contribution in [0.1, 0.15) is 119 Å². The van der Waals surface area contributed by atoms with Crippen molar-refractivity contribution in [1.82, 2.24) is 0 Å². The van der Waals surface area contributed by atoms with Crippen LogP contribution in [0.25, 0.3) is 0 Å². The van der Waals surface area contributed by atoms with Crippen LogP contribution < -0.4 is 0 Å². The number of rotatable bonds is 15. The van der Waals surface area contributed by atoms with Gasteiger partial charge in [-0.3, -0.25) is 0 Å². The third-order valence-electron chi connectivity index (χ3n) is 7.84. The molecule has 0 aromatic rings. The van der Waals surface area contributed by atoms with Gasteiger partial charge < -0.3 is 15.3 Å². The average Bonchev–Trinajstić information content (AvgIpc) is 2.67. The molecule has 4 heteroatoms. The summed E-state index contributed by atoms with van der Waals surface area (Å²) in [6.07, 6.45) is 13.7. The molecular formula is C27H53O3P. The third kappa shape index (κ3) is 11.1. The van der Waals surface area contributed by atoms with Gasteiger partial charge in [-0.1, -0.05) is 71.4 Å². The zero-order chi connectivity index (χ0) is 23.7. The smallest absolute Gasteiger partial charge is 0.0752 e. The first-order chi connectivity index (χ1) is 14.4. The molecule has 0 aromatic heterocycles. The van der Waals surface area contributed by atoms with Gasteiger partial charge in [-0.15, -0.1) is 9.24 Å². The van der Waals surface area contributed by atoms with Gasteiger partial charge >= 0.3 is 0 Å². The quantitative estimate of drug-likeness (QED) is 0.147. The SMILES string of the molecule is CCCCCC(C)(O)CCCC(C)(O)CCCC(C)CCC1=CC(O)C(C)C(C)C1P. The van der Waals surface area contributed by atoms with E-state index < -0.39 is 11.2 Å². The van der Waals surface area contributed by atoms with E-state index in [1.165, 1.54) is 18.4 Å². The molecule has 1 rings (SSSR count). The van der Waals surface area contributed by atoms with Crippen molar-refractivity contribution in [2.75, 3.05) is 0 Å². The predicted molar refractivity (Wildman–Crippen MR) is 137 cm³/mol. The Morgan fingerprint density at radius 2 is 1.45 bits per heavy atom. The minimum Gasteiger partial charge on any atom is -0.390 e. The number of hydrogen-bond donors (Lipinski definition) is 3. The topological polar surface area (TPSA) is 60.7 Å². The summed E-state index contributed by atoms with van der Waals surface area (Å²) in [7, 11) is 2.99. The average molecular weight is 457 g/mol. The molecule has 1 aliphatic carbocycles. The van der Waals surface area contributed by atoms with E-state index >= 15 is 0 Å². The van der Waals surface area contributed by atoms with E-state index in [0.29, 0.717) is 23.4 Å². The van der Waals surface area contributed by atoms with Gasteiger partial charge in [0.1, 0.15) is 0 Å². The molecule has 0 aromatic carbocycles. The molecule has 3 nitrogen and oxygen atoms in total. The predicted octanol–water partition coefficient (Wildman–Crippen LogP) is 6.64. The molecule has 0 heterocycles. The first kappa shape index (κ1) is 29.1. The van der Waals surface area contributed by atoms with Crippen LogP contribution in [0, 0.1) is 17.8 Å². The Balaban J connectivity index is 2.28. The summed E-state index contributed by atoms with van der Waals surface area (Å²) in [5.41, 5.74) is 0.649. The largest absolute Gasteiger partial charge is 0.390 e. The van der Waals surface area contributed by atoms with Crippen LogP contribution in [0.5, 0.6) is 0 Å². The Labute approximate surface area is 195 Å². The Hall–Kier alpha value is 0.0500. The molecule has 0 radical (unpaired) electrons. The van der Waals surface area contributed by atoms with Gasteiger partial charge in [0.15, 0.2) is 0 Å². The van der Waals surface area contributed by atoms with E-state index in [2.05, 4.69) is 43.0 Å². The molecule has 0 saturated carbocycles. The molecule has 184 valence electrons. The molecule has 31 heavy (non-hydrogen) atoms. The van der Waals surface area contributed by atoms with E-state index in [1.807, 2.05) is 13.8 Å². The van der Waals surface area contributed by atoms with E-state index in [-0.39, 0.29) is 6.10 Å². The summed E-state index contributed by atoms with van der Waals surface area (Å²) in [4.78, 5) is 0. The highest BCUT2D eigenvalue weighted by atomic mass is 31.0. The van der Waals surface area contributed by atoms with Crippen molar-refractivity contribution in [1.29, 1.82) is 0 Å². The fourth-order valence-corrected chi connectivity index (χ4v) is 5.58. The highest BCUT2D eigenvalue weighted by Crippen LogP contribution is 2.37. The molecular weight excluding hydrogens is 403 g/mol. The van der Waals surface area contributed by atoms with Crippen LogP contribution >= 0.6 is 9.24 Å². The second-order valence-electron chi connectivity index (χ2n) is 11.3. The molecule has 3 N–H and O–H groups in total. The molecule has 1 aliphatic rings. The number of aliphatic hydroxyl groups is 3. The lowest BCUT2D eigenvalue weighted by molar-refractivity contribution is 0.0107. The fraction of sp³-hybridized carbons (Fsp3) is 0.926. The van der Waals surface area contributed by atoms with Crippen LogP contribution in [-0.2, 0) is 0 Å². The summed E-state index contributed by atoms with van der Waals surface area (Å²) in [6, 6.07) is 0. The van der Waals surface area contributed by atoms with Crippen molar-refractivity contribution in [3.63, 3.8) is 0 Å². The van der Waals surface area contributed by atoms with Crippen molar-refractivity contribution in [2.45, 2.75) is 142 Å². The second-order valence-corrected chi connectivity index (χ2v) is 12.0. The van der Waals surface area contributed by atoms with Crippen molar-refractivity contribution in [2.24, 2.45) is 17.8 Å². The van der Waals surface area contributed by atoms with Gasteiger partial charge in [-0.2, -0.15) is 0 Å². The van der Waals surface area contributed by atoms with Crippen molar-refractivity contribution in [3.8, 4) is 0 Å². The fourth-order valence-electron chi connectivity index (χ4n) is 4.95. The Morgan fingerprint density at radius 1 is 0.903 bits per heavy atom. The Kier molecular flexibility index (Phi) is 12.8. The maximum Gasteiger partial charge on any atom is 0.0752 e. The lowest BCUT2D eigenvalue weighted by atomic mass is 9.77. The van der Waals surface area contributed by atoms with Gasteiger partial charge in [0.2, 0.25) is 0 Å². The molecule has 0 spiro atoms. The van der Waals surface area contributed by atoms with Gasteiger partial charge in [0.25, 0.3) is 0 Å². The van der Waals surface area contributed by atoms with E-state index in [4.69, 9.17) is 0 Å². The summed E-state index contributed by atoms with van der Waals surface area (Å²) in [5, 5.41) is 31.6. The minimum absolute atomic E-state index is 0.306. The molecule has 0 amide bonds. The number of unbranched alkanes of at least 4 members (excludes halogenated alkanes) is 2. The third-order valence-corrected chi connectivity index (χ3v) is 8.87.